The van der Waals surface area contributed by atoms with E-state index in [1.54, 1.807) is 6.08 Å². The van der Waals surface area contributed by atoms with E-state index < -0.39 is 11.9 Å². The molecule has 1 saturated carbocycles. The standard InChI is InChI=1S/C11H16O3/c1-2-9-10(8-12)14-11(13-9)6-4-3-5-7-11/h2,8-10H,1,3-7H2/t9-,10+/m0/s1. The van der Waals surface area contributed by atoms with Crippen LogP contribution in [-0.2, 0) is 14.3 Å². The highest BCUT2D eigenvalue weighted by atomic mass is 16.8. The summed E-state index contributed by atoms with van der Waals surface area (Å²) in [6, 6.07) is 0. The molecule has 0 aromatic rings. The van der Waals surface area contributed by atoms with Gasteiger partial charge in [-0.1, -0.05) is 12.5 Å². The molecule has 1 heterocycles. The third-order valence-electron chi connectivity index (χ3n) is 3.01. The van der Waals surface area contributed by atoms with Crippen molar-refractivity contribution in [1.82, 2.24) is 0 Å². The quantitative estimate of drug-likeness (QED) is 0.499. The molecule has 0 bridgehead atoms. The summed E-state index contributed by atoms with van der Waals surface area (Å²) < 4.78 is 11.5. The zero-order chi connectivity index (χ0) is 10.0. The lowest BCUT2D eigenvalue weighted by atomic mass is 9.94. The van der Waals surface area contributed by atoms with Gasteiger partial charge < -0.3 is 14.3 Å². The highest BCUT2D eigenvalue weighted by Crippen LogP contribution is 2.40. The Morgan fingerprint density at radius 3 is 2.29 bits per heavy atom. The third-order valence-corrected chi connectivity index (χ3v) is 3.01. The Bertz CT molecular complexity index is 213. The van der Waals surface area contributed by atoms with Gasteiger partial charge in [-0.15, -0.1) is 6.58 Å². The van der Waals surface area contributed by atoms with Gasteiger partial charge >= 0.3 is 0 Å². The minimum atomic E-state index is -0.483. The van der Waals surface area contributed by atoms with Crippen LogP contribution in [-0.4, -0.2) is 24.3 Å². The number of hydrogen-bond donors (Lipinski definition) is 0. The number of carbonyl (C=O) groups excluding carboxylic acids is 1. The van der Waals surface area contributed by atoms with E-state index in [0.717, 1.165) is 32.0 Å². The first-order chi connectivity index (χ1) is 6.79. The van der Waals surface area contributed by atoms with E-state index in [9.17, 15) is 4.79 Å². The van der Waals surface area contributed by atoms with E-state index >= 15 is 0 Å². The Kier molecular flexibility index (Phi) is 2.70. The van der Waals surface area contributed by atoms with Crippen molar-refractivity contribution in [1.29, 1.82) is 0 Å². The van der Waals surface area contributed by atoms with E-state index in [2.05, 4.69) is 6.58 Å². The normalized spacial score (nSPS) is 35.7. The smallest absolute Gasteiger partial charge is 0.170 e. The van der Waals surface area contributed by atoms with Crippen LogP contribution in [0.15, 0.2) is 12.7 Å². The molecule has 2 rings (SSSR count). The minimum absolute atomic E-state index is 0.259. The van der Waals surface area contributed by atoms with Crippen LogP contribution in [0.5, 0.6) is 0 Å². The van der Waals surface area contributed by atoms with Crippen LogP contribution >= 0.6 is 0 Å². The average Bonchev–Trinajstić information content (AvgIpc) is 2.57. The van der Waals surface area contributed by atoms with Crippen LogP contribution in [0.25, 0.3) is 0 Å². The molecule has 0 unspecified atom stereocenters. The van der Waals surface area contributed by atoms with Crippen molar-refractivity contribution in [2.24, 2.45) is 0 Å². The third kappa shape index (κ3) is 1.62. The van der Waals surface area contributed by atoms with Gasteiger partial charge in [0.15, 0.2) is 12.1 Å². The van der Waals surface area contributed by atoms with Gasteiger partial charge in [0, 0.05) is 12.8 Å². The topological polar surface area (TPSA) is 35.5 Å². The summed E-state index contributed by atoms with van der Waals surface area (Å²) >= 11 is 0. The first-order valence-electron chi connectivity index (χ1n) is 5.23. The van der Waals surface area contributed by atoms with Crippen LogP contribution < -0.4 is 0 Å². The van der Waals surface area contributed by atoms with Crippen molar-refractivity contribution >= 4 is 6.29 Å². The first kappa shape index (κ1) is 9.87. The zero-order valence-corrected chi connectivity index (χ0v) is 8.28. The van der Waals surface area contributed by atoms with E-state index in [4.69, 9.17) is 9.47 Å². The molecule has 1 aliphatic heterocycles. The number of aldehydes is 1. The second-order valence-corrected chi connectivity index (χ2v) is 4.01. The van der Waals surface area contributed by atoms with Gasteiger partial charge in [0.05, 0.1) is 0 Å². The fourth-order valence-corrected chi connectivity index (χ4v) is 2.27. The average molecular weight is 196 g/mol. The van der Waals surface area contributed by atoms with Crippen molar-refractivity contribution < 1.29 is 14.3 Å². The van der Waals surface area contributed by atoms with Gasteiger partial charge in [-0.05, 0) is 12.8 Å². The van der Waals surface area contributed by atoms with Gasteiger partial charge in [-0.25, -0.2) is 0 Å². The lowest BCUT2D eigenvalue weighted by molar-refractivity contribution is -0.190. The van der Waals surface area contributed by atoms with Crippen molar-refractivity contribution in [3.8, 4) is 0 Å². The minimum Gasteiger partial charge on any atom is -0.339 e. The summed E-state index contributed by atoms with van der Waals surface area (Å²) in [6.45, 7) is 3.65. The first-order valence-corrected chi connectivity index (χ1v) is 5.23. The Morgan fingerprint density at radius 1 is 1.14 bits per heavy atom. The predicted octanol–water partition coefficient (Wildman–Crippen LogP) is 1.82. The largest absolute Gasteiger partial charge is 0.339 e. The van der Waals surface area contributed by atoms with Gasteiger partial charge in [-0.3, -0.25) is 0 Å². The molecule has 2 atom stereocenters. The van der Waals surface area contributed by atoms with Crippen molar-refractivity contribution in [3.63, 3.8) is 0 Å². The SMILES string of the molecule is C=C[C@@H]1OC2(CCCCC2)O[C@@H]1C=O. The van der Waals surface area contributed by atoms with E-state index in [-0.39, 0.29) is 6.10 Å². The van der Waals surface area contributed by atoms with E-state index in [1.165, 1.54) is 6.42 Å². The number of hydrogen-bond acceptors (Lipinski definition) is 3. The maximum atomic E-state index is 10.7. The molecular formula is C11H16O3. The Morgan fingerprint density at radius 2 is 1.79 bits per heavy atom. The zero-order valence-electron chi connectivity index (χ0n) is 8.28. The highest BCUT2D eigenvalue weighted by molar-refractivity contribution is 5.58. The Hall–Kier alpha value is -0.670. The summed E-state index contributed by atoms with van der Waals surface area (Å²) in [5, 5.41) is 0. The summed E-state index contributed by atoms with van der Waals surface area (Å²) in [5.41, 5.74) is 0. The van der Waals surface area contributed by atoms with E-state index in [1.807, 2.05) is 0 Å². The van der Waals surface area contributed by atoms with Gasteiger partial charge in [0.1, 0.15) is 12.2 Å². The predicted molar refractivity (Wildman–Crippen MR) is 51.8 cm³/mol. The van der Waals surface area contributed by atoms with Crippen molar-refractivity contribution in [3.05, 3.63) is 12.7 Å². The number of carbonyl (C=O) groups is 1. The molecule has 78 valence electrons. The van der Waals surface area contributed by atoms with Crippen LogP contribution in [0, 0.1) is 0 Å². The van der Waals surface area contributed by atoms with E-state index in [0.29, 0.717) is 0 Å². The molecule has 0 aromatic carbocycles. The van der Waals surface area contributed by atoms with Gasteiger partial charge in [-0.2, -0.15) is 0 Å². The molecule has 2 aliphatic rings. The fourth-order valence-electron chi connectivity index (χ4n) is 2.27. The van der Waals surface area contributed by atoms with Crippen LogP contribution in [0.3, 0.4) is 0 Å². The highest BCUT2D eigenvalue weighted by Gasteiger charge is 2.46. The molecule has 1 saturated heterocycles. The molecule has 0 radical (unpaired) electrons. The monoisotopic (exact) mass is 196 g/mol. The van der Waals surface area contributed by atoms with Gasteiger partial charge in [0.2, 0.25) is 0 Å². The summed E-state index contributed by atoms with van der Waals surface area (Å²) in [6.07, 6.45) is 7.04. The van der Waals surface area contributed by atoms with Crippen LogP contribution in [0.2, 0.25) is 0 Å². The Balaban J connectivity index is 2.08. The molecule has 14 heavy (non-hydrogen) atoms. The lowest BCUT2D eigenvalue weighted by Gasteiger charge is -2.31. The molecule has 3 nitrogen and oxygen atoms in total. The molecule has 0 aromatic heterocycles. The van der Waals surface area contributed by atoms with Crippen molar-refractivity contribution in [2.45, 2.75) is 50.1 Å². The van der Waals surface area contributed by atoms with Crippen LogP contribution in [0.4, 0.5) is 0 Å². The maximum absolute atomic E-state index is 10.7. The fraction of sp³-hybridized carbons (Fsp3) is 0.727. The molecule has 1 aliphatic carbocycles. The molecule has 0 N–H and O–H groups in total. The van der Waals surface area contributed by atoms with Crippen LogP contribution in [0.1, 0.15) is 32.1 Å². The molecule has 2 fully saturated rings. The molecular weight excluding hydrogens is 180 g/mol. The number of ether oxygens (including phenoxy) is 2. The Labute approximate surface area is 84.1 Å². The summed E-state index contributed by atoms with van der Waals surface area (Å²) in [7, 11) is 0. The van der Waals surface area contributed by atoms with Gasteiger partial charge in [0.25, 0.3) is 0 Å². The molecule has 1 spiro atoms. The molecule has 3 heteroatoms. The second-order valence-electron chi connectivity index (χ2n) is 4.01. The summed E-state index contributed by atoms with van der Waals surface area (Å²) in [5.74, 6) is -0.483. The summed E-state index contributed by atoms with van der Waals surface area (Å²) in [4.78, 5) is 10.7. The van der Waals surface area contributed by atoms with Crippen molar-refractivity contribution in [2.75, 3.05) is 0 Å². The molecule has 0 amide bonds. The maximum Gasteiger partial charge on any atom is 0.170 e. The second kappa shape index (κ2) is 3.83. The lowest BCUT2D eigenvalue weighted by Crippen LogP contribution is -2.33. The number of rotatable bonds is 2.